The van der Waals surface area contributed by atoms with Gasteiger partial charge < -0.3 is 19.1 Å². The van der Waals surface area contributed by atoms with E-state index in [0.717, 1.165) is 37.3 Å². The van der Waals surface area contributed by atoms with Gasteiger partial charge in [-0.2, -0.15) is 0 Å². The van der Waals surface area contributed by atoms with Crippen LogP contribution in [-0.4, -0.2) is 56.2 Å². The molecule has 1 spiro atoms. The van der Waals surface area contributed by atoms with E-state index in [1.807, 2.05) is 13.2 Å². The molecule has 0 aromatic heterocycles. The number of carbonyl (C=O) groups is 1. The number of likely N-dealkylation sites (N-methyl/N-ethyl adjacent to an activating group) is 1. The largest absolute Gasteiger partial charge is 0.493 e. The number of ketones is 1. The lowest BCUT2D eigenvalue weighted by Gasteiger charge is -2.63. The predicted octanol–water partition coefficient (Wildman–Crippen LogP) is 1.70. The summed E-state index contributed by atoms with van der Waals surface area (Å²) in [5.41, 5.74) is 1.74. The fourth-order valence-corrected chi connectivity index (χ4v) is 6.07. The molecule has 4 aliphatic rings. The fourth-order valence-electron chi connectivity index (χ4n) is 6.07. The van der Waals surface area contributed by atoms with E-state index < -0.39 is 6.10 Å². The third-order valence-corrected chi connectivity index (χ3v) is 7.05. The van der Waals surface area contributed by atoms with Crippen molar-refractivity contribution in [2.24, 2.45) is 0 Å². The van der Waals surface area contributed by atoms with Gasteiger partial charge in [-0.1, -0.05) is 6.07 Å². The monoisotopic (exact) mass is 329 g/mol. The number of hydrogen-bond donors (Lipinski definition) is 0. The lowest BCUT2D eigenvalue weighted by molar-refractivity contribution is -0.198. The smallest absolute Gasteiger partial charge is 0.174 e. The van der Waals surface area contributed by atoms with Crippen LogP contribution in [0.5, 0.6) is 11.5 Å². The maximum Gasteiger partial charge on any atom is 0.174 e. The van der Waals surface area contributed by atoms with Gasteiger partial charge in [-0.15, -0.1) is 0 Å². The molecule has 0 amide bonds. The quantitative estimate of drug-likeness (QED) is 0.827. The Balaban J connectivity index is 1.86. The van der Waals surface area contributed by atoms with Crippen molar-refractivity contribution in [3.05, 3.63) is 23.3 Å². The molecule has 0 N–H and O–H groups in total. The Morgan fingerprint density at radius 3 is 2.88 bits per heavy atom. The lowest BCUT2D eigenvalue weighted by Crippen LogP contribution is -2.76. The van der Waals surface area contributed by atoms with Crippen molar-refractivity contribution in [1.82, 2.24) is 4.90 Å². The Hall–Kier alpha value is -1.59. The SMILES string of the molecule is COc1ccc2c3c1OC1C(=O)CC[C@@]4(OC)[C@@H](C2)N(C)CC[C@]314. The number of hydrogen-bond acceptors (Lipinski definition) is 5. The summed E-state index contributed by atoms with van der Waals surface area (Å²) in [6, 6.07) is 4.40. The van der Waals surface area contributed by atoms with E-state index in [2.05, 4.69) is 18.0 Å². The lowest BCUT2D eigenvalue weighted by atomic mass is 9.49. The summed E-state index contributed by atoms with van der Waals surface area (Å²) in [5, 5.41) is 0. The Labute approximate surface area is 141 Å². The van der Waals surface area contributed by atoms with Gasteiger partial charge in [0.25, 0.3) is 0 Å². The number of ether oxygens (including phenoxy) is 3. The summed E-state index contributed by atoms with van der Waals surface area (Å²) >= 11 is 0. The summed E-state index contributed by atoms with van der Waals surface area (Å²) in [7, 11) is 5.64. The van der Waals surface area contributed by atoms with E-state index in [0.29, 0.717) is 6.42 Å². The first kappa shape index (κ1) is 14.7. The summed E-state index contributed by atoms with van der Waals surface area (Å²) < 4.78 is 18.1. The van der Waals surface area contributed by atoms with Crippen LogP contribution in [0.2, 0.25) is 0 Å². The molecule has 24 heavy (non-hydrogen) atoms. The molecule has 1 aromatic carbocycles. The van der Waals surface area contributed by atoms with Gasteiger partial charge in [0.15, 0.2) is 23.4 Å². The van der Waals surface area contributed by atoms with Gasteiger partial charge in [-0.25, -0.2) is 0 Å². The second-order valence-corrected chi connectivity index (χ2v) is 7.61. The number of nitrogens with zero attached hydrogens (tertiary/aromatic N) is 1. The number of likely N-dealkylation sites (tertiary alicyclic amines) is 1. The molecule has 2 fully saturated rings. The molecule has 5 nitrogen and oxygen atoms in total. The predicted molar refractivity (Wildman–Crippen MR) is 87.8 cm³/mol. The average Bonchev–Trinajstić information content (AvgIpc) is 2.95. The molecule has 5 rings (SSSR count). The topological polar surface area (TPSA) is 48.0 Å². The summed E-state index contributed by atoms with van der Waals surface area (Å²) in [4.78, 5) is 15.2. The minimum absolute atomic E-state index is 0.206. The fraction of sp³-hybridized carbons (Fsp3) is 0.632. The van der Waals surface area contributed by atoms with Crippen LogP contribution in [-0.2, 0) is 21.4 Å². The van der Waals surface area contributed by atoms with Crippen molar-refractivity contribution < 1.29 is 19.0 Å². The molecule has 1 aromatic rings. The van der Waals surface area contributed by atoms with Crippen LogP contribution >= 0.6 is 0 Å². The van der Waals surface area contributed by atoms with Gasteiger partial charge in [0.05, 0.1) is 18.1 Å². The Bertz CT molecular complexity index is 747. The number of benzene rings is 1. The molecule has 2 aliphatic heterocycles. The zero-order chi connectivity index (χ0) is 16.7. The number of methoxy groups -OCH3 is 2. The van der Waals surface area contributed by atoms with Gasteiger partial charge in [0.2, 0.25) is 0 Å². The normalized spacial score (nSPS) is 39.4. The summed E-state index contributed by atoms with van der Waals surface area (Å²) in [6.07, 6.45) is 2.68. The molecule has 2 bridgehead atoms. The van der Waals surface area contributed by atoms with E-state index in [-0.39, 0.29) is 22.8 Å². The molecule has 2 aliphatic carbocycles. The highest BCUT2D eigenvalue weighted by molar-refractivity contribution is 5.90. The molecule has 5 heteroatoms. The van der Waals surface area contributed by atoms with Crippen molar-refractivity contribution in [1.29, 1.82) is 0 Å². The maximum atomic E-state index is 12.8. The van der Waals surface area contributed by atoms with Crippen LogP contribution < -0.4 is 9.47 Å². The third kappa shape index (κ3) is 1.35. The highest BCUT2D eigenvalue weighted by atomic mass is 16.5. The standard InChI is InChI=1S/C19H23NO4/c1-20-9-8-18-15-11-4-5-13(22-2)16(15)24-17(18)12(21)6-7-19(18,23-3)14(20)10-11/h4-5,14,17H,6-10H2,1-3H3/t14-,17?,18+,19-/m1/s1. The number of piperidine rings is 1. The molecule has 1 saturated heterocycles. The van der Waals surface area contributed by atoms with Crippen LogP contribution in [0, 0.1) is 0 Å². The van der Waals surface area contributed by atoms with Crippen LogP contribution in [0.25, 0.3) is 0 Å². The third-order valence-electron chi connectivity index (χ3n) is 7.05. The Morgan fingerprint density at radius 1 is 1.29 bits per heavy atom. The van der Waals surface area contributed by atoms with Crippen LogP contribution in [0.1, 0.15) is 30.4 Å². The molecule has 2 heterocycles. The second-order valence-electron chi connectivity index (χ2n) is 7.61. The minimum Gasteiger partial charge on any atom is -0.493 e. The summed E-state index contributed by atoms with van der Waals surface area (Å²) in [6.45, 7) is 0.957. The van der Waals surface area contributed by atoms with Gasteiger partial charge in [-0.05, 0) is 44.5 Å². The summed E-state index contributed by atoms with van der Waals surface area (Å²) in [5.74, 6) is 1.71. The van der Waals surface area contributed by atoms with E-state index in [1.165, 1.54) is 11.1 Å². The van der Waals surface area contributed by atoms with Crippen molar-refractivity contribution in [2.45, 2.75) is 48.8 Å². The van der Waals surface area contributed by atoms with Crippen molar-refractivity contribution in [3.63, 3.8) is 0 Å². The molecule has 1 saturated carbocycles. The Morgan fingerprint density at radius 2 is 2.12 bits per heavy atom. The first-order chi connectivity index (χ1) is 11.6. The van der Waals surface area contributed by atoms with Crippen molar-refractivity contribution >= 4 is 5.78 Å². The second kappa shape index (κ2) is 4.52. The molecule has 0 radical (unpaired) electrons. The minimum atomic E-state index is -0.437. The number of Topliss-reactive ketones (excluding diaryl/α,β-unsaturated/α-hetero) is 1. The van der Waals surface area contributed by atoms with E-state index in [4.69, 9.17) is 14.2 Å². The van der Waals surface area contributed by atoms with Crippen LogP contribution in [0.3, 0.4) is 0 Å². The molecule has 4 atom stereocenters. The van der Waals surface area contributed by atoms with E-state index in [1.54, 1.807) is 7.11 Å². The molecule has 1 unspecified atom stereocenters. The van der Waals surface area contributed by atoms with Crippen LogP contribution in [0.15, 0.2) is 12.1 Å². The first-order valence-corrected chi connectivity index (χ1v) is 8.74. The van der Waals surface area contributed by atoms with Crippen molar-refractivity contribution in [3.8, 4) is 11.5 Å². The van der Waals surface area contributed by atoms with E-state index >= 15 is 0 Å². The number of carbonyl (C=O) groups excluding carboxylic acids is 1. The molecular formula is C19H23NO4. The zero-order valence-electron chi connectivity index (χ0n) is 14.4. The van der Waals surface area contributed by atoms with Crippen LogP contribution in [0.4, 0.5) is 0 Å². The number of rotatable bonds is 2. The first-order valence-electron chi connectivity index (χ1n) is 8.74. The van der Waals surface area contributed by atoms with E-state index in [9.17, 15) is 4.79 Å². The average molecular weight is 329 g/mol. The maximum absolute atomic E-state index is 12.8. The highest BCUT2D eigenvalue weighted by Crippen LogP contribution is 2.65. The molecule has 128 valence electrons. The molecular weight excluding hydrogens is 306 g/mol. The zero-order valence-corrected chi connectivity index (χ0v) is 14.4. The van der Waals surface area contributed by atoms with Gasteiger partial charge in [0, 0.05) is 25.1 Å². The Kier molecular flexibility index (Phi) is 2.78. The van der Waals surface area contributed by atoms with Gasteiger partial charge in [0.1, 0.15) is 0 Å². The highest BCUT2D eigenvalue weighted by Gasteiger charge is 2.73. The van der Waals surface area contributed by atoms with Gasteiger partial charge >= 0.3 is 0 Å². The van der Waals surface area contributed by atoms with Crippen molar-refractivity contribution in [2.75, 3.05) is 27.8 Å². The van der Waals surface area contributed by atoms with Gasteiger partial charge in [-0.3, -0.25) is 4.79 Å².